The zero-order chi connectivity index (χ0) is 70.5. The van der Waals surface area contributed by atoms with Crippen LogP contribution in [0.2, 0.25) is 0 Å². The lowest BCUT2D eigenvalue weighted by atomic mass is 9.80. The summed E-state index contributed by atoms with van der Waals surface area (Å²) in [4.78, 5) is 81.5. The number of hydrogen-bond donors (Lipinski definition) is 2. The van der Waals surface area contributed by atoms with Gasteiger partial charge in [-0.2, -0.15) is 0 Å². The highest BCUT2D eigenvalue weighted by Crippen LogP contribution is 2.38. The van der Waals surface area contributed by atoms with Gasteiger partial charge in [-0.3, -0.25) is 24.0 Å². The number of ether oxygens (including phenoxy) is 11. The maximum Gasteiger partial charge on any atom is 0.306 e. The molecule has 2 N–H and O–H groups in total. The van der Waals surface area contributed by atoms with Crippen molar-refractivity contribution < 1.29 is 91.1 Å². The predicted molar refractivity (Wildman–Crippen MR) is 361 cm³/mol. The van der Waals surface area contributed by atoms with Gasteiger partial charge in [-0.1, -0.05) is 107 Å². The Balaban J connectivity index is 0.000000405. The van der Waals surface area contributed by atoms with Crippen molar-refractivity contribution in [1.29, 1.82) is 0 Å². The molecule has 5 rings (SSSR count). The summed E-state index contributed by atoms with van der Waals surface area (Å²) in [6.07, 6.45) is 9.96. The van der Waals surface area contributed by atoms with Crippen LogP contribution in [0.1, 0.15) is 159 Å². The molecule has 538 valence electrons. The fourth-order valence-corrected chi connectivity index (χ4v) is 13.4. The first-order valence-corrected chi connectivity index (χ1v) is 34.5. The molecule has 0 aliphatic carbocycles. The summed E-state index contributed by atoms with van der Waals surface area (Å²) in [7, 11) is 10.8. The van der Waals surface area contributed by atoms with Gasteiger partial charge in [-0.25, -0.2) is 0 Å². The van der Waals surface area contributed by atoms with E-state index in [-0.39, 0.29) is 128 Å². The normalized spacial score (nSPS) is 35.0. The molecular weight excluding hydrogens is 1220 g/mol. The van der Waals surface area contributed by atoms with Crippen molar-refractivity contribution in [3.63, 3.8) is 0 Å². The van der Waals surface area contributed by atoms with E-state index in [1.165, 1.54) is 6.92 Å². The van der Waals surface area contributed by atoms with Crippen LogP contribution in [0.15, 0.2) is 77.9 Å². The first-order chi connectivity index (χ1) is 45.2. The Morgan fingerprint density at radius 3 is 1.66 bits per heavy atom. The maximum atomic E-state index is 13.4. The fraction of sp³-hybridized carbons (Fsp3) is 0.730. The number of methoxy groups -OCH3 is 2. The summed E-state index contributed by atoms with van der Waals surface area (Å²) >= 11 is 0. The number of likely N-dealkylation sites (N-methyl/N-ethyl adjacent to an activating group) is 2. The Labute approximate surface area is 567 Å². The Hall–Kier alpha value is -4.88. The van der Waals surface area contributed by atoms with Crippen LogP contribution in [0.5, 0.6) is 0 Å². The van der Waals surface area contributed by atoms with Crippen molar-refractivity contribution in [2.24, 2.45) is 47.3 Å². The van der Waals surface area contributed by atoms with E-state index in [9.17, 15) is 39.0 Å². The molecule has 0 amide bonds. The third kappa shape index (κ3) is 27.8. The lowest BCUT2D eigenvalue weighted by Crippen LogP contribution is -2.57. The number of aliphatic hydroxyl groups is 2. The summed E-state index contributed by atoms with van der Waals surface area (Å²) in [5.74, 6) is -3.66. The summed E-state index contributed by atoms with van der Waals surface area (Å²) in [6.45, 7) is 21.2. The zero-order valence-electron chi connectivity index (χ0n) is 60.1. The minimum Gasteiger partial charge on any atom is -0.462 e. The van der Waals surface area contributed by atoms with Gasteiger partial charge in [0.1, 0.15) is 31.4 Å². The van der Waals surface area contributed by atoms with E-state index in [1.54, 1.807) is 38.5 Å². The van der Waals surface area contributed by atoms with E-state index in [0.29, 0.717) is 64.4 Å². The average Bonchev–Trinajstić information content (AvgIpc) is 0.816. The van der Waals surface area contributed by atoms with Crippen molar-refractivity contribution in [3.05, 3.63) is 83.5 Å². The number of allylic oxidation sites excluding steroid dienone is 6. The second-order valence-corrected chi connectivity index (χ2v) is 27.3. The highest BCUT2D eigenvalue weighted by Gasteiger charge is 2.46. The molecule has 4 aliphatic rings. The summed E-state index contributed by atoms with van der Waals surface area (Å²) in [5.41, 5.74) is 2.68. The summed E-state index contributed by atoms with van der Waals surface area (Å²) in [5, 5.41) is 21.3. The van der Waals surface area contributed by atoms with Crippen molar-refractivity contribution in [1.82, 2.24) is 9.80 Å². The van der Waals surface area contributed by atoms with E-state index in [1.807, 2.05) is 150 Å². The molecule has 8 unspecified atom stereocenters. The molecule has 2 saturated heterocycles. The molecular formula is C74H118N2O19. The van der Waals surface area contributed by atoms with Gasteiger partial charge in [-0.05, 0) is 149 Å². The van der Waals surface area contributed by atoms with Crippen molar-refractivity contribution in [3.8, 4) is 0 Å². The topological polar surface area (TPSA) is 251 Å². The molecule has 0 radical (unpaired) electrons. The number of cyclic esters (lactones) is 2. The fourth-order valence-electron chi connectivity index (χ4n) is 13.4. The molecule has 21 heteroatoms. The second-order valence-electron chi connectivity index (χ2n) is 27.3. The number of rotatable bonds is 22. The van der Waals surface area contributed by atoms with Crippen molar-refractivity contribution >= 4 is 35.8 Å². The van der Waals surface area contributed by atoms with Gasteiger partial charge in [0.2, 0.25) is 0 Å². The van der Waals surface area contributed by atoms with Crippen LogP contribution >= 0.6 is 0 Å². The van der Waals surface area contributed by atoms with Gasteiger partial charge < -0.3 is 76.9 Å². The molecule has 0 spiro atoms. The highest BCUT2D eigenvalue weighted by atomic mass is 16.7. The number of hydrogen-bond acceptors (Lipinski definition) is 21. The van der Waals surface area contributed by atoms with Crippen LogP contribution < -0.4 is 0 Å². The second kappa shape index (κ2) is 42.8. The quantitative estimate of drug-likeness (QED) is 0.0360. The molecule has 95 heavy (non-hydrogen) atoms. The maximum absolute atomic E-state index is 13.4. The van der Waals surface area contributed by atoms with Crippen molar-refractivity contribution in [2.75, 3.05) is 62.4 Å². The van der Waals surface area contributed by atoms with Crippen LogP contribution in [0.4, 0.5) is 0 Å². The number of ketones is 2. The number of carbonyl (C=O) groups is 6. The van der Waals surface area contributed by atoms with E-state index in [4.69, 9.17) is 52.1 Å². The molecule has 0 bridgehead atoms. The molecule has 1 aromatic rings. The molecule has 1 aromatic carbocycles. The third-order valence-corrected chi connectivity index (χ3v) is 18.9. The molecule has 21 nitrogen and oxygen atoms in total. The predicted octanol–water partition coefficient (Wildman–Crippen LogP) is 10.1. The van der Waals surface area contributed by atoms with Gasteiger partial charge in [0.25, 0.3) is 0 Å². The van der Waals surface area contributed by atoms with Gasteiger partial charge in [0.05, 0.1) is 50.3 Å². The van der Waals surface area contributed by atoms with Gasteiger partial charge in [0.15, 0.2) is 36.5 Å². The number of nitrogens with zero attached hydrogens (tertiary/aromatic N) is 2. The van der Waals surface area contributed by atoms with E-state index < -0.39 is 67.4 Å². The Morgan fingerprint density at radius 1 is 0.663 bits per heavy atom. The minimum absolute atomic E-state index is 0.0466. The molecule has 0 aromatic heterocycles. The van der Waals surface area contributed by atoms with Crippen LogP contribution in [0.25, 0.3) is 0 Å². The number of carbonyl (C=O) groups excluding carboxylic acids is 6. The first-order valence-electron chi connectivity index (χ1n) is 34.5. The smallest absolute Gasteiger partial charge is 0.306 e. The van der Waals surface area contributed by atoms with E-state index in [2.05, 4.69) is 0 Å². The van der Waals surface area contributed by atoms with Gasteiger partial charge in [-0.15, -0.1) is 0 Å². The first kappa shape index (κ1) is 82.5. The lowest BCUT2D eigenvalue weighted by Gasteiger charge is -2.45. The Bertz CT molecular complexity index is 2590. The van der Waals surface area contributed by atoms with Crippen LogP contribution in [0, 0.1) is 47.3 Å². The molecule has 0 saturated carbocycles. The molecule has 4 heterocycles. The Kier molecular flexibility index (Phi) is 37.2. The summed E-state index contributed by atoms with van der Waals surface area (Å²) in [6, 6.07) is 9.52. The van der Waals surface area contributed by atoms with Gasteiger partial charge >= 0.3 is 17.9 Å². The monoisotopic (exact) mass is 1340 g/mol. The van der Waals surface area contributed by atoms with Crippen molar-refractivity contribution in [2.45, 2.75) is 240 Å². The SMILES string of the molecule is CC[C@H]1OC(=O)CC[C@H](C)[C@@H](OC2OC(C)CC(N(C)C)C2O)[C@@H](CC=O)C[C@@H](C)C(=O)/C=C/C(C)=C/[C@@H]1COCOCc1ccccc1.CC[C@H]1OC(=O)CC[C@H](C)[C@@H](OC2OC(C)CC(N(C)C)C2OC(C)=O)[C@@H](CC(OC)OC)C[C@@H](C)C(=O)/C=C/C(C)=C/[C@@H]1CO. The van der Waals surface area contributed by atoms with Crippen LogP contribution in [-0.4, -0.2) is 198 Å². The minimum atomic E-state index is -0.920. The standard InChI is InChI=1S/C39H59NO9.C35H59NO10/c1-8-35-32(24-46-25-45-23-30-12-10-9-11-13-30)20-26(2)14-16-34(42)28(4)21-31(18-19-41)38(27(3)15-17-36(43)48-35)49-39-37(44)33(40(6)7)22-29(5)47-39;1-11-30-27(20-37)16-21(2)12-14-29(39)23(4)17-26(19-32(41-9)42-10)33(22(3)13-15-31(40)45-30)46-35-34(44-25(6)38)28(36(7)8)18-24(5)43-35/h9-14,16,19-20,27-29,31-33,35,37-39,44H,8,15,17-18,21-25H2,1-7H3;12,14,16,22-24,26-28,30,32-35,37H,11,13,15,17-20H2,1-10H3/b16-14+,26-20+;14-12+,21-16+/t27-,28+,29?,31-,32+,33?,35+,37?,38+,39?;22-,23+,24?,26+,27+,28?,30+,33+,34?,35?/m00/s1. The number of aldehydes is 1. The number of esters is 3. The molecule has 2 fully saturated rings. The molecule has 20 atom stereocenters. The summed E-state index contributed by atoms with van der Waals surface area (Å²) < 4.78 is 66.4. The van der Waals surface area contributed by atoms with E-state index in [0.717, 1.165) is 23.0 Å². The number of aliphatic hydroxyl groups excluding tert-OH is 2. The van der Waals surface area contributed by atoms with Crippen LogP contribution in [0.3, 0.4) is 0 Å². The Morgan fingerprint density at radius 2 is 1.16 bits per heavy atom. The average molecular weight is 1340 g/mol. The number of benzene rings is 1. The highest BCUT2D eigenvalue weighted by molar-refractivity contribution is 5.92. The van der Waals surface area contributed by atoms with Gasteiger partial charge in [0, 0.05) is 76.5 Å². The third-order valence-electron chi connectivity index (χ3n) is 18.9. The molecule has 4 aliphatic heterocycles. The lowest BCUT2D eigenvalue weighted by molar-refractivity contribution is -0.286. The van der Waals surface area contributed by atoms with Crippen LogP contribution in [-0.2, 0) is 87.5 Å². The zero-order valence-corrected chi connectivity index (χ0v) is 60.1. The van der Waals surface area contributed by atoms with E-state index >= 15 is 0 Å². The largest absolute Gasteiger partial charge is 0.462 e.